The van der Waals surface area contributed by atoms with Gasteiger partial charge >= 0.3 is 0 Å². The number of nitrogens with zero attached hydrogens (tertiary/aromatic N) is 3. The van der Waals surface area contributed by atoms with Gasteiger partial charge in [-0.15, -0.1) is 0 Å². The van der Waals surface area contributed by atoms with E-state index in [1.54, 1.807) is 23.1 Å². The van der Waals surface area contributed by atoms with Gasteiger partial charge in [0.2, 0.25) is 5.91 Å². The molecule has 1 amide bonds. The van der Waals surface area contributed by atoms with Crippen molar-refractivity contribution in [3.8, 4) is 0 Å². The number of carbonyl (C=O) groups is 1. The molecule has 0 saturated carbocycles. The molecule has 3 rings (SSSR count). The van der Waals surface area contributed by atoms with Gasteiger partial charge in [0.1, 0.15) is 5.82 Å². The summed E-state index contributed by atoms with van der Waals surface area (Å²) in [7, 11) is 0. The molecule has 1 aromatic carbocycles. The topological polar surface area (TPSA) is 49.6 Å². The number of aromatic nitrogens is 1. The third-order valence-electron chi connectivity index (χ3n) is 4.01. The van der Waals surface area contributed by atoms with E-state index in [2.05, 4.69) is 10.1 Å². The Hall–Kier alpha value is -2.47. The van der Waals surface area contributed by atoms with E-state index in [4.69, 9.17) is 4.52 Å². The highest BCUT2D eigenvalue weighted by molar-refractivity contribution is 5.91. The van der Waals surface area contributed by atoms with Crippen molar-refractivity contribution in [1.82, 2.24) is 15.0 Å². The maximum atomic E-state index is 13.1. The molecule has 0 radical (unpaired) electrons. The molecule has 0 bridgehead atoms. The Labute approximate surface area is 140 Å². The molecule has 1 fully saturated rings. The third kappa shape index (κ3) is 4.29. The van der Waals surface area contributed by atoms with Crippen LogP contribution in [0.4, 0.5) is 4.39 Å². The van der Waals surface area contributed by atoms with Crippen molar-refractivity contribution >= 4 is 12.0 Å². The Kier molecular flexibility index (Phi) is 5.05. The monoisotopic (exact) mass is 329 g/mol. The van der Waals surface area contributed by atoms with Crippen LogP contribution in [0.3, 0.4) is 0 Å². The van der Waals surface area contributed by atoms with Gasteiger partial charge in [-0.1, -0.05) is 17.3 Å². The Balaban J connectivity index is 1.49. The lowest BCUT2D eigenvalue weighted by Crippen LogP contribution is -2.47. The fourth-order valence-corrected chi connectivity index (χ4v) is 2.72. The van der Waals surface area contributed by atoms with Gasteiger partial charge < -0.3 is 9.42 Å². The molecule has 1 saturated heterocycles. The van der Waals surface area contributed by atoms with Crippen molar-refractivity contribution in [2.45, 2.75) is 13.5 Å². The average molecular weight is 329 g/mol. The predicted octanol–water partition coefficient (Wildman–Crippen LogP) is 2.48. The van der Waals surface area contributed by atoms with Gasteiger partial charge in [-0.05, 0) is 30.7 Å². The Morgan fingerprint density at radius 3 is 2.75 bits per heavy atom. The number of halogens is 1. The van der Waals surface area contributed by atoms with Crippen LogP contribution in [0.2, 0.25) is 0 Å². The second-order valence-corrected chi connectivity index (χ2v) is 5.92. The van der Waals surface area contributed by atoms with E-state index in [-0.39, 0.29) is 11.7 Å². The second-order valence-electron chi connectivity index (χ2n) is 5.92. The van der Waals surface area contributed by atoms with Crippen LogP contribution in [0, 0.1) is 12.7 Å². The summed E-state index contributed by atoms with van der Waals surface area (Å²) in [5, 5.41) is 3.88. The summed E-state index contributed by atoms with van der Waals surface area (Å²) < 4.78 is 18.3. The standard InChI is InChI=1S/C18H20FN3O2/c1-14-11-17(24-20-14)13-21-7-9-22(10-8-21)18(23)6-5-15-3-2-4-16(19)12-15/h2-6,11-12H,7-10,13H2,1H3/b6-5+. The van der Waals surface area contributed by atoms with E-state index < -0.39 is 0 Å². The number of hydrogen-bond donors (Lipinski definition) is 0. The van der Waals surface area contributed by atoms with Gasteiger partial charge in [0.05, 0.1) is 12.2 Å². The van der Waals surface area contributed by atoms with Gasteiger partial charge in [0.25, 0.3) is 0 Å². The average Bonchev–Trinajstić information content (AvgIpc) is 2.98. The summed E-state index contributed by atoms with van der Waals surface area (Å²) in [5.74, 6) is 0.494. The molecule has 1 aliphatic heterocycles. The lowest BCUT2D eigenvalue weighted by Gasteiger charge is -2.33. The number of amides is 1. The second kappa shape index (κ2) is 7.40. The Morgan fingerprint density at radius 1 is 1.29 bits per heavy atom. The lowest BCUT2D eigenvalue weighted by molar-refractivity contribution is -0.127. The zero-order valence-corrected chi connectivity index (χ0v) is 13.6. The summed E-state index contributed by atoms with van der Waals surface area (Å²) >= 11 is 0. The van der Waals surface area contributed by atoms with E-state index in [1.807, 2.05) is 13.0 Å². The summed E-state index contributed by atoms with van der Waals surface area (Å²) in [6.45, 7) is 5.52. The SMILES string of the molecule is Cc1cc(CN2CCN(C(=O)/C=C/c3cccc(F)c3)CC2)on1. The first-order valence-corrected chi connectivity index (χ1v) is 7.97. The number of benzene rings is 1. The number of aryl methyl sites for hydroxylation is 1. The third-order valence-corrected chi connectivity index (χ3v) is 4.01. The van der Waals surface area contributed by atoms with Crippen LogP contribution in [0.15, 0.2) is 40.9 Å². The number of rotatable bonds is 4. The van der Waals surface area contributed by atoms with Crippen molar-refractivity contribution in [2.75, 3.05) is 26.2 Å². The van der Waals surface area contributed by atoms with Gasteiger partial charge in [0.15, 0.2) is 5.76 Å². The first-order chi connectivity index (χ1) is 11.6. The van der Waals surface area contributed by atoms with Gasteiger partial charge in [-0.25, -0.2) is 4.39 Å². The van der Waals surface area contributed by atoms with E-state index in [0.717, 1.165) is 24.5 Å². The zero-order chi connectivity index (χ0) is 16.9. The summed E-state index contributed by atoms with van der Waals surface area (Å²) in [6.07, 6.45) is 3.15. The molecule has 24 heavy (non-hydrogen) atoms. The van der Waals surface area contributed by atoms with Crippen LogP contribution >= 0.6 is 0 Å². The van der Waals surface area contributed by atoms with Crippen molar-refractivity contribution in [3.05, 3.63) is 59.2 Å². The van der Waals surface area contributed by atoms with Crippen LogP contribution in [0.5, 0.6) is 0 Å². The van der Waals surface area contributed by atoms with Crippen LogP contribution in [-0.4, -0.2) is 47.0 Å². The van der Waals surface area contributed by atoms with Crippen LogP contribution in [0.25, 0.3) is 6.08 Å². The van der Waals surface area contributed by atoms with Crippen molar-refractivity contribution < 1.29 is 13.7 Å². The Morgan fingerprint density at radius 2 is 2.08 bits per heavy atom. The molecule has 1 aliphatic rings. The highest BCUT2D eigenvalue weighted by Gasteiger charge is 2.20. The molecule has 0 N–H and O–H groups in total. The minimum Gasteiger partial charge on any atom is -0.360 e. The van der Waals surface area contributed by atoms with Crippen LogP contribution in [-0.2, 0) is 11.3 Å². The van der Waals surface area contributed by atoms with E-state index in [0.29, 0.717) is 25.2 Å². The van der Waals surface area contributed by atoms with Gasteiger partial charge in [-0.2, -0.15) is 0 Å². The highest BCUT2D eigenvalue weighted by Crippen LogP contribution is 2.11. The van der Waals surface area contributed by atoms with Gasteiger partial charge in [0, 0.05) is 38.3 Å². The molecule has 0 atom stereocenters. The molecule has 1 aromatic heterocycles. The maximum Gasteiger partial charge on any atom is 0.246 e. The number of piperazine rings is 1. The van der Waals surface area contributed by atoms with Crippen molar-refractivity contribution in [1.29, 1.82) is 0 Å². The summed E-state index contributed by atoms with van der Waals surface area (Å²) in [5.41, 5.74) is 1.56. The molecule has 0 aliphatic carbocycles. The van der Waals surface area contributed by atoms with E-state index in [9.17, 15) is 9.18 Å². The molecular weight excluding hydrogens is 309 g/mol. The fraction of sp³-hybridized carbons (Fsp3) is 0.333. The first-order valence-electron chi connectivity index (χ1n) is 7.97. The molecule has 6 heteroatoms. The molecule has 126 valence electrons. The molecule has 2 aromatic rings. The minimum absolute atomic E-state index is 0.0468. The lowest BCUT2D eigenvalue weighted by atomic mass is 10.2. The largest absolute Gasteiger partial charge is 0.360 e. The van der Waals surface area contributed by atoms with Crippen LogP contribution < -0.4 is 0 Å². The number of carbonyl (C=O) groups excluding carboxylic acids is 1. The normalized spacial score (nSPS) is 16.0. The molecule has 0 spiro atoms. The molecular formula is C18H20FN3O2. The van der Waals surface area contributed by atoms with Gasteiger partial charge in [-0.3, -0.25) is 9.69 Å². The minimum atomic E-state index is -0.305. The zero-order valence-electron chi connectivity index (χ0n) is 13.6. The summed E-state index contributed by atoms with van der Waals surface area (Å²) in [6, 6.07) is 8.11. The first kappa shape index (κ1) is 16.4. The summed E-state index contributed by atoms with van der Waals surface area (Å²) in [4.78, 5) is 16.3. The maximum absolute atomic E-state index is 13.1. The van der Waals surface area contributed by atoms with Crippen LogP contribution in [0.1, 0.15) is 17.0 Å². The molecule has 5 nitrogen and oxygen atoms in total. The Bertz CT molecular complexity index is 733. The fourth-order valence-electron chi connectivity index (χ4n) is 2.72. The van der Waals surface area contributed by atoms with E-state index in [1.165, 1.54) is 18.2 Å². The quantitative estimate of drug-likeness (QED) is 0.809. The van der Waals surface area contributed by atoms with Crippen molar-refractivity contribution in [3.63, 3.8) is 0 Å². The predicted molar refractivity (Wildman–Crippen MR) is 88.5 cm³/mol. The molecule has 0 unspecified atom stereocenters. The van der Waals surface area contributed by atoms with Crippen molar-refractivity contribution in [2.24, 2.45) is 0 Å². The van der Waals surface area contributed by atoms with E-state index >= 15 is 0 Å². The highest BCUT2D eigenvalue weighted by atomic mass is 19.1. The smallest absolute Gasteiger partial charge is 0.246 e. The molecule has 2 heterocycles. The number of hydrogen-bond acceptors (Lipinski definition) is 4.